The number of nitrogens with one attached hydrogen (secondary N) is 1. The summed E-state index contributed by atoms with van der Waals surface area (Å²) in [5.41, 5.74) is 10.4. The summed E-state index contributed by atoms with van der Waals surface area (Å²) in [7, 11) is 1.37. The van der Waals surface area contributed by atoms with Gasteiger partial charge in [-0.25, -0.2) is 4.79 Å². The van der Waals surface area contributed by atoms with Crippen molar-refractivity contribution in [1.82, 2.24) is 0 Å². The number of carbonyl (C=O) groups is 1. The van der Waals surface area contributed by atoms with E-state index < -0.39 is 0 Å². The number of nitrogens with two attached hydrogens (primary N) is 1. The number of methoxy groups -OCH3 is 1. The summed E-state index contributed by atoms with van der Waals surface area (Å²) >= 11 is 0. The second-order valence-electron chi connectivity index (χ2n) is 4.90. The van der Waals surface area contributed by atoms with Gasteiger partial charge in [-0.2, -0.15) is 0 Å². The lowest BCUT2D eigenvalue weighted by Crippen LogP contribution is -2.09. The molecule has 2 aromatic rings. The van der Waals surface area contributed by atoms with E-state index in [1.54, 1.807) is 18.2 Å². The summed E-state index contributed by atoms with van der Waals surface area (Å²) in [6, 6.07) is 13.4. The van der Waals surface area contributed by atoms with Crippen LogP contribution in [0.5, 0.6) is 0 Å². The van der Waals surface area contributed by atoms with Crippen molar-refractivity contribution in [2.45, 2.75) is 13.3 Å². The number of nitrogen functional groups attached to an aromatic ring is 1. The van der Waals surface area contributed by atoms with Crippen molar-refractivity contribution in [3.63, 3.8) is 0 Å². The monoisotopic (exact) mass is 284 g/mol. The van der Waals surface area contributed by atoms with Crippen LogP contribution >= 0.6 is 0 Å². The summed E-state index contributed by atoms with van der Waals surface area (Å²) in [5, 5.41) is 3.28. The quantitative estimate of drug-likeness (QED) is 0.654. The van der Waals surface area contributed by atoms with Crippen molar-refractivity contribution in [3.8, 4) is 0 Å². The molecule has 0 saturated carbocycles. The van der Waals surface area contributed by atoms with E-state index in [4.69, 9.17) is 10.5 Å². The third-order valence-corrected chi connectivity index (χ3v) is 3.45. The van der Waals surface area contributed by atoms with Crippen LogP contribution in [-0.2, 0) is 11.2 Å². The number of carbonyl (C=O) groups excluding carboxylic acids is 1. The van der Waals surface area contributed by atoms with Crippen LogP contribution in [0.1, 0.15) is 21.5 Å². The predicted octanol–water partition coefficient (Wildman–Crippen LogP) is 3.02. The Balaban J connectivity index is 2.03. The molecule has 0 aliphatic heterocycles. The van der Waals surface area contributed by atoms with E-state index >= 15 is 0 Å². The van der Waals surface area contributed by atoms with Crippen LogP contribution in [0.15, 0.2) is 42.5 Å². The highest BCUT2D eigenvalue weighted by Gasteiger charge is 2.08. The fraction of sp³-hybridized carbons (Fsp3) is 0.235. The first kappa shape index (κ1) is 14.9. The Bertz CT molecular complexity index is 638. The summed E-state index contributed by atoms with van der Waals surface area (Å²) in [5.74, 6) is -0.364. The standard InChI is InChI=1S/C17H20N2O2/c1-12-5-3-4-6-13(12)9-10-19-16-11-14(17(20)21-2)7-8-15(16)18/h3-8,11,19H,9-10,18H2,1-2H3. The average Bonchev–Trinajstić information content (AvgIpc) is 2.50. The van der Waals surface area contributed by atoms with Crippen molar-refractivity contribution >= 4 is 17.3 Å². The molecule has 2 rings (SSSR count). The minimum absolute atomic E-state index is 0.364. The summed E-state index contributed by atoms with van der Waals surface area (Å²) in [6.07, 6.45) is 0.897. The molecule has 0 spiro atoms. The summed E-state index contributed by atoms with van der Waals surface area (Å²) in [6.45, 7) is 2.85. The fourth-order valence-electron chi connectivity index (χ4n) is 2.18. The van der Waals surface area contributed by atoms with Gasteiger partial charge in [0.15, 0.2) is 0 Å². The molecule has 110 valence electrons. The fourth-order valence-corrected chi connectivity index (χ4v) is 2.18. The van der Waals surface area contributed by atoms with Crippen molar-refractivity contribution < 1.29 is 9.53 Å². The van der Waals surface area contributed by atoms with E-state index in [1.807, 2.05) is 12.1 Å². The number of benzene rings is 2. The molecule has 4 nitrogen and oxygen atoms in total. The topological polar surface area (TPSA) is 64.3 Å². The largest absolute Gasteiger partial charge is 0.465 e. The van der Waals surface area contributed by atoms with Crippen molar-refractivity contribution in [2.24, 2.45) is 0 Å². The van der Waals surface area contributed by atoms with Gasteiger partial charge in [0.25, 0.3) is 0 Å². The Morgan fingerprint density at radius 1 is 1.24 bits per heavy atom. The average molecular weight is 284 g/mol. The zero-order valence-corrected chi connectivity index (χ0v) is 12.3. The zero-order chi connectivity index (χ0) is 15.2. The van der Waals surface area contributed by atoms with Gasteiger partial charge in [0.05, 0.1) is 24.0 Å². The number of aryl methyl sites for hydroxylation is 1. The molecule has 0 aliphatic rings. The van der Waals surface area contributed by atoms with E-state index in [0.29, 0.717) is 11.3 Å². The van der Waals surface area contributed by atoms with Crippen molar-refractivity contribution in [2.75, 3.05) is 24.7 Å². The third-order valence-electron chi connectivity index (χ3n) is 3.45. The lowest BCUT2D eigenvalue weighted by molar-refractivity contribution is 0.0601. The molecule has 0 aliphatic carbocycles. The SMILES string of the molecule is COC(=O)c1ccc(N)c(NCCc2ccccc2C)c1. The molecule has 4 heteroatoms. The molecule has 2 aromatic carbocycles. The van der Waals surface area contributed by atoms with Gasteiger partial charge in [0.1, 0.15) is 0 Å². The Hall–Kier alpha value is -2.49. The van der Waals surface area contributed by atoms with Gasteiger partial charge in [-0.1, -0.05) is 24.3 Å². The predicted molar refractivity (Wildman–Crippen MR) is 85.6 cm³/mol. The molecule has 3 N–H and O–H groups in total. The molecule has 0 fully saturated rings. The van der Waals surface area contributed by atoms with Gasteiger partial charge >= 0.3 is 5.97 Å². The molecular weight excluding hydrogens is 264 g/mol. The zero-order valence-electron chi connectivity index (χ0n) is 12.3. The van der Waals surface area contributed by atoms with Gasteiger partial charge in [0.2, 0.25) is 0 Å². The van der Waals surface area contributed by atoms with Crippen molar-refractivity contribution in [3.05, 3.63) is 59.2 Å². The molecule has 0 saturated heterocycles. The summed E-state index contributed by atoms with van der Waals surface area (Å²) in [4.78, 5) is 11.5. The number of rotatable bonds is 5. The van der Waals surface area contributed by atoms with E-state index in [1.165, 1.54) is 18.2 Å². The maximum absolute atomic E-state index is 11.5. The first-order chi connectivity index (χ1) is 10.1. The van der Waals surface area contributed by atoms with Gasteiger partial charge in [0, 0.05) is 6.54 Å². The first-order valence-electron chi connectivity index (χ1n) is 6.88. The van der Waals surface area contributed by atoms with Crippen LogP contribution in [-0.4, -0.2) is 19.6 Å². The number of hydrogen-bond acceptors (Lipinski definition) is 4. The van der Waals surface area contributed by atoms with E-state index in [-0.39, 0.29) is 5.97 Å². The maximum Gasteiger partial charge on any atom is 0.337 e. The van der Waals surface area contributed by atoms with E-state index in [2.05, 4.69) is 24.4 Å². The van der Waals surface area contributed by atoms with Crippen LogP contribution in [0.2, 0.25) is 0 Å². The maximum atomic E-state index is 11.5. The lowest BCUT2D eigenvalue weighted by atomic mass is 10.1. The molecule has 21 heavy (non-hydrogen) atoms. The third kappa shape index (κ3) is 3.75. The van der Waals surface area contributed by atoms with Crippen LogP contribution in [0.25, 0.3) is 0 Å². The highest BCUT2D eigenvalue weighted by atomic mass is 16.5. The normalized spacial score (nSPS) is 10.2. The van der Waals surface area contributed by atoms with Crippen LogP contribution in [0, 0.1) is 6.92 Å². The minimum Gasteiger partial charge on any atom is -0.465 e. The summed E-state index contributed by atoms with van der Waals surface area (Å²) < 4.78 is 4.71. The molecule has 0 amide bonds. The first-order valence-corrected chi connectivity index (χ1v) is 6.88. The van der Waals surface area contributed by atoms with Gasteiger partial charge in [-0.05, 0) is 42.7 Å². The van der Waals surface area contributed by atoms with Gasteiger partial charge < -0.3 is 15.8 Å². The number of ether oxygens (including phenoxy) is 1. The molecule has 0 unspecified atom stereocenters. The highest BCUT2D eigenvalue weighted by Crippen LogP contribution is 2.20. The number of hydrogen-bond donors (Lipinski definition) is 2. The molecule has 0 heterocycles. The smallest absolute Gasteiger partial charge is 0.337 e. The Morgan fingerprint density at radius 3 is 2.71 bits per heavy atom. The van der Waals surface area contributed by atoms with Crippen LogP contribution < -0.4 is 11.1 Å². The molecule has 0 aromatic heterocycles. The number of esters is 1. The Labute approximate surface area is 124 Å². The molecule has 0 bridgehead atoms. The Kier molecular flexibility index (Phi) is 4.82. The van der Waals surface area contributed by atoms with Crippen LogP contribution in [0.4, 0.5) is 11.4 Å². The highest BCUT2D eigenvalue weighted by molar-refractivity contribution is 5.91. The van der Waals surface area contributed by atoms with Crippen LogP contribution in [0.3, 0.4) is 0 Å². The lowest BCUT2D eigenvalue weighted by Gasteiger charge is -2.11. The van der Waals surface area contributed by atoms with Gasteiger partial charge in [-0.15, -0.1) is 0 Å². The minimum atomic E-state index is -0.364. The van der Waals surface area contributed by atoms with E-state index in [9.17, 15) is 4.79 Å². The second-order valence-corrected chi connectivity index (χ2v) is 4.90. The molecular formula is C17H20N2O2. The second kappa shape index (κ2) is 6.79. The van der Waals surface area contributed by atoms with E-state index in [0.717, 1.165) is 18.7 Å². The molecule has 0 atom stereocenters. The molecule has 0 radical (unpaired) electrons. The Morgan fingerprint density at radius 2 is 2.00 bits per heavy atom. The van der Waals surface area contributed by atoms with Crippen molar-refractivity contribution in [1.29, 1.82) is 0 Å². The number of anilines is 2. The van der Waals surface area contributed by atoms with Gasteiger partial charge in [-0.3, -0.25) is 0 Å².